The molecule has 0 aliphatic carbocycles. The molecule has 3 aromatic rings. The molecule has 0 bridgehead atoms. The van der Waals surface area contributed by atoms with E-state index in [0.29, 0.717) is 31.0 Å². The molecule has 1 aliphatic heterocycles. The van der Waals surface area contributed by atoms with Crippen molar-refractivity contribution >= 4 is 5.82 Å². The molecular formula is C21H17F2N5O. The smallest absolute Gasteiger partial charge is 0.166 e. The molecule has 0 saturated heterocycles. The minimum absolute atomic E-state index is 0.191. The molecule has 2 aromatic heterocycles. The summed E-state index contributed by atoms with van der Waals surface area (Å²) in [5.41, 5.74) is 3.86. The minimum atomic E-state index is -0.648. The second kappa shape index (κ2) is 7.43. The molecule has 0 saturated carbocycles. The lowest BCUT2D eigenvalue weighted by molar-refractivity contribution is 0.433. The normalized spacial score (nSPS) is 13.0. The minimum Gasteiger partial charge on any atom is -0.453 e. The summed E-state index contributed by atoms with van der Waals surface area (Å²) in [6.07, 6.45) is 2.21. The van der Waals surface area contributed by atoms with Gasteiger partial charge in [0.1, 0.15) is 17.6 Å². The van der Waals surface area contributed by atoms with E-state index < -0.39 is 11.6 Å². The predicted octanol–water partition coefficient (Wildman–Crippen LogP) is 3.99. The van der Waals surface area contributed by atoms with Gasteiger partial charge in [0.25, 0.3) is 0 Å². The van der Waals surface area contributed by atoms with Crippen molar-refractivity contribution in [2.45, 2.75) is 26.8 Å². The molecule has 3 heterocycles. The summed E-state index contributed by atoms with van der Waals surface area (Å²) in [4.78, 5) is 6.48. The first-order chi connectivity index (χ1) is 14.0. The molecule has 1 aromatic carbocycles. The van der Waals surface area contributed by atoms with E-state index in [1.807, 2.05) is 19.9 Å². The molecule has 146 valence electrons. The number of aromatic nitrogens is 3. The van der Waals surface area contributed by atoms with Gasteiger partial charge < -0.3 is 9.64 Å². The Labute approximate surface area is 166 Å². The Balaban J connectivity index is 1.61. The highest BCUT2D eigenvalue weighted by atomic mass is 19.1. The maximum atomic E-state index is 13.9. The number of ether oxygens (including phenoxy) is 1. The second-order valence-electron chi connectivity index (χ2n) is 6.86. The van der Waals surface area contributed by atoms with Gasteiger partial charge in [-0.05, 0) is 48.7 Å². The maximum absolute atomic E-state index is 13.9. The second-order valence-corrected chi connectivity index (χ2v) is 6.86. The van der Waals surface area contributed by atoms with Crippen LogP contribution in [-0.2, 0) is 13.0 Å². The van der Waals surface area contributed by atoms with Gasteiger partial charge in [0.2, 0.25) is 0 Å². The molecule has 8 heteroatoms. The van der Waals surface area contributed by atoms with Crippen molar-refractivity contribution in [2.75, 3.05) is 11.4 Å². The number of anilines is 1. The first kappa shape index (κ1) is 18.7. The molecule has 0 unspecified atom stereocenters. The van der Waals surface area contributed by atoms with E-state index in [2.05, 4.69) is 20.1 Å². The highest BCUT2D eigenvalue weighted by Crippen LogP contribution is 2.30. The summed E-state index contributed by atoms with van der Waals surface area (Å²) >= 11 is 0. The zero-order valence-electron chi connectivity index (χ0n) is 15.9. The highest BCUT2D eigenvalue weighted by Gasteiger charge is 2.22. The van der Waals surface area contributed by atoms with Crippen LogP contribution >= 0.6 is 0 Å². The van der Waals surface area contributed by atoms with Gasteiger partial charge in [-0.3, -0.25) is 4.98 Å². The van der Waals surface area contributed by atoms with Crippen LogP contribution in [0.25, 0.3) is 0 Å². The molecule has 0 fully saturated rings. The SMILES string of the molecule is Cc1c(C#N)nnc(N2CCc3ncc(Oc4cc(F)ccc4F)cc3C2)c1C. The monoisotopic (exact) mass is 393 g/mol. The number of nitrogens with zero attached hydrogens (tertiary/aromatic N) is 5. The summed E-state index contributed by atoms with van der Waals surface area (Å²) in [6.45, 7) is 5.00. The van der Waals surface area contributed by atoms with Gasteiger partial charge in [-0.2, -0.15) is 5.26 Å². The quantitative estimate of drug-likeness (QED) is 0.670. The van der Waals surface area contributed by atoms with Crippen LogP contribution in [0.1, 0.15) is 28.1 Å². The number of hydrogen-bond acceptors (Lipinski definition) is 6. The summed E-state index contributed by atoms with van der Waals surface area (Å²) in [5.74, 6) is -0.374. The number of pyridine rings is 1. The van der Waals surface area contributed by atoms with Gasteiger partial charge in [-0.15, -0.1) is 10.2 Å². The maximum Gasteiger partial charge on any atom is 0.166 e. The van der Waals surface area contributed by atoms with E-state index in [4.69, 9.17) is 10.00 Å². The third-order valence-corrected chi connectivity index (χ3v) is 5.04. The lowest BCUT2D eigenvalue weighted by Crippen LogP contribution is -2.32. The van der Waals surface area contributed by atoms with Crippen LogP contribution in [0.2, 0.25) is 0 Å². The van der Waals surface area contributed by atoms with Crippen LogP contribution < -0.4 is 9.64 Å². The Hall–Kier alpha value is -3.60. The first-order valence-corrected chi connectivity index (χ1v) is 9.06. The van der Waals surface area contributed by atoms with Gasteiger partial charge >= 0.3 is 0 Å². The first-order valence-electron chi connectivity index (χ1n) is 9.06. The molecular weight excluding hydrogens is 376 g/mol. The standard InChI is InChI=1S/C21H17F2N5O/c1-12-13(2)21(27-26-19(12)9-24)28-6-5-18-14(11-28)7-16(10-25-18)29-20-8-15(22)3-4-17(20)23/h3-4,7-8,10H,5-6,11H2,1-2H3. The lowest BCUT2D eigenvalue weighted by atomic mass is 10.0. The molecule has 0 atom stereocenters. The van der Waals surface area contributed by atoms with Crippen molar-refractivity contribution in [3.05, 3.63) is 70.2 Å². The summed E-state index contributed by atoms with van der Waals surface area (Å²) in [6, 6.07) is 6.88. The van der Waals surface area contributed by atoms with Gasteiger partial charge in [-0.25, -0.2) is 8.78 Å². The fourth-order valence-corrected chi connectivity index (χ4v) is 3.32. The fraction of sp³-hybridized carbons (Fsp3) is 0.238. The van der Waals surface area contributed by atoms with Crippen molar-refractivity contribution in [3.63, 3.8) is 0 Å². The predicted molar refractivity (Wildman–Crippen MR) is 102 cm³/mol. The molecule has 0 N–H and O–H groups in total. The van der Waals surface area contributed by atoms with Crippen LogP contribution in [0.15, 0.2) is 30.5 Å². The molecule has 0 radical (unpaired) electrons. The number of rotatable bonds is 3. The Morgan fingerprint density at radius 3 is 2.76 bits per heavy atom. The third-order valence-electron chi connectivity index (χ3n) is 5.04. The van der Waals surface area contributed by atoms with Crippen LogP contribution in [0.4, 0.5) is 14.6 Å². The number of hydrogen-bond donors (Lipinski definition) is 0. The Kier molecular flexibility index (Phi) is 4.80. The van der Waals surface area contributed by atoms with E-state index >= 15 is 0 Å². The molecule has 1 aliphatic rings. The number of halogens is 2. The van der Waals surface area contributed by atoms with E-state index in [1.165, 1.54) is 6.20 Å². The molecule has 6 nitrogen and oxygen atoms in total. The van der Waals surface area contributed by atoms with Gasteiger partial charge in [-0.1, -0.05) is 0 Å². The van der Waals surface area contributed by atoms with Gasteiger partial charge in [0.05, 0.1) is 6.20 Å². The van der Waals surface area contributed by atoms with Gasteiger partial charge in [0, 0.05) is 31.3 Å². The molecule has 29 heavy (non-hydrogen) atoms. The van der Waals surface area contributed by atoms with Gasteiger partial charge in [0.15, 0.2) is 23.1 Å². The summed E-state index contributed by atoms with van der Waals surface area (Å²) < 4.78 is 32.8. The fourth-order valence-electron chi connectivity index (χ4n) is 3.32. The largest absolute Gasteiger partial charge is 0.453 e. The van der Waals surface area contributed by atoms with Crippen molar-refractivity contribution < 1.29 is 13.5 Å². The number of nitriles is 1. The molecule has 0 spiro atoms. The van der Waals surface area contributed by atoms with E-state index in [1.54, 1.807) is 6.07 Å². The topological polar surface area (TPSA) is 74.9 Å². The Morgan fingerprint density at radius 2 is 1.97 bits per heavy atom. The van der Waals surface area contributed by atoms with Crippen molar-refractivity contribution in [1.82, 2.24) is 15.2 Å². The Bertz CT molecular complexity index is 1140. The average molecular weight is 393 g/mol. The number of fused-ring (bicyclic) bond motifs is 1. The lowest BCUT2D eigenvalue weighted by Gasteiger charge is -2.30. The molecule has 4 rings (SSSR count). The van der Waals surface area contributed by atoms with Crippen LogP contribution in [0.5, 0.6) is 11.5 Å². The van der Waals surface area contributed by atoms with Crippen LogP contribution in [0.3, 0.4) is 0 Å². The molecule has 0 amide bonds. The Morgan fingerprint density at radius 1 is 1.14 bits per heavy atom. The average Bonchev–Trinajstić information content (AvgIpc) is 2.72. The van der Waals surface area contributed by atoms with E-state index in [-0.39, 0.29) is 5.75 Å². The highest BCUT2D eigenvalue weighted by molar-refractivity contribution is 5.53. The van der Waals surface area contributed by atoms with Crippen molar-refractivity contribution in [2.24, 2.45) is 0 Å². The summed E-state index contributed by atoms with van der Waals surface area (Å²) in [7, 11) is 0. The van der Waals surface area contributed by atoms with Crippen LogP contribution in [0, 0.1) is 36.8 Å². The van der Waals surface area contributed by atoms with E-state index in [0.717, 1.165) is 46.4 Å². The van der Waals surface area contributed by atoms with Crippen LogP contribution in [-0.4, -0.2) is 21.7 Å². The zero-order chi connectivity index (χ0) is 20.5. The zero-order valence-corrected chi connectivity index (χ0v) is 15.9. The third kappa shape index (κ3) is 3.59. The van der Waals surface area contributed by atoms with Crippen molar-refractivity contribution in [1.29, 1.82) is 5.26 Å². The van der Waals surface area contributed by atoms with E-state index in [9.17, 15) is 8.78 Å². The van der Waals surface area contributed by atoms with Crippen molar-refractivity contribution in [3.8, 4) is 17.6 Å². The summed E-state index contributed by atoms with van der Waals surface area (Å²) in [5, 5.41) is 17.4. The number of benzene rings is 1.